The maximum Gasteiger partial charge on any atom is 0.337 e. The van der Waals surface area contributed by atoms with E-state index in [-0.39, 0.29) is 12.5 Å². The first-order chi connectivity index (χ1) is 15.0. The summed E-state index contributed by atoms with van der Waals surface area (Å²) in [5.41, 5.74) is 3.02. The van der Waals surface area contributed by atoms with Crippen LogP contribution in [0.1, 0.15) is 35.5 Å². The monoisotopic (exact) mass is 440 g/mol. The summed E-state index contributed by atoms with van der Waals surface area (Å²) in [5, 5.41) is 2.42. The van der Waals surface area contributed by atoms with Gasteiger partial charge in [-0.15, -0.1) is 11.3 Å². The van der Waals surface area contributed by atoms with Crippen LogP contribution in [-0.2, 0) is 22.6 Å². The van der Waals surface area contributed by atoms with Crippen LogP contribution in [0.5, 0.6) is 11.5 Å². The lowest BCUT2D eigenvalue weighted by molar-refractivity contribution is -0.115. The molecule has 3 aromatic rings. The van der Waals surface area contributed by atoms with Gasteiger partial charge >= 0.3 is 5.97 Å². The highest BCUT2D eigenvalue weighted by molar-refractivity contribution is 7.14. The summed E-state index contributed by atoms with van der Waals surface area (Å²) in [6, 6.07) is 12.7. The van der Waals surface area contributed by atoms with Gasteiger partial charge < -0.3 is 14.2 Å². The van der Waals surface area contributed by atoms with Gasteiger partial charge in [-0.3, -0.25) is 9.69 Å². The number of thiazole rings is 1. The van der Waals surface area contributed by atoms with Gasteiger partial charge in [0.25, 0.3) is 0 Å². The van der Waals surface area contributed by atoms with Crippen LogP contribution >= 0.6 is 11.3 Å². The Morgan fingerprint density at radius 1 is 1.06 bits per heavy atom. The lowest BCUT2D eigenvalue weighted by atomic mass is 10.1. The number of anilines is 2. The molecule has 8 heteroatoms. The maximum absolute atomic E-state index is 12.3. The largest absolute Gasteiger partial charge is 0.493 e. The Balaban J connectivity index is 1.75. The van der Waals surface area contributed by atoms with Gasteiger partial charge in [-0.05, 0) is 42.3 Å². The maximum atomic E-state index is 12.3. The Kier molecular flexibility index (Phi) is 7.25. The molecule has 7 nitrogen and oxygen atoms in total. The van der Waals surface area contributed by atoms with E-state index in [1.807, 2.05) is 29.6 Å². The third-order valence-corrected chi connectivity index (χ3v) is 5.48. The van der Waals surface area contributed by atoms with Gasteiger partial charge in [0, 0.05) is 12.3 Å². The Morgan fingerprint density at radius 2 is 1.81 bits per heavy atom. The molecule has 31 heavy (non-hydrogen) atoms. The number of esters is 1. The van der Waals surface area contributed by atoms with Crippen LogP contribution < -0.4 is 14.4 Å². The minimum atomic E-state index is -0.453. The molecule has 2 aromatic carbocycles. The fourth-order valence-electron chi connectivity index (χ4n) is 2.96. The summed E-state index contributed by atoms with van der Waals surface area (Å²) >= 11 is 1.37. The molecule has 1 aromatic heterocycles. The Bertz CT molecular complexity index is 1060. The fourth-order valence-corrected chi connectivity index (χ4v) is 3.83. The van der Waals surface area contributed by atoms with E-state index in [0.717, 1.165) is 12.1 Å². The van der Waals surface area contributed by atoms with Crippen LogP contribution in [0.15, 0.2) is 47.8 Å². The lowest BCUT2D eigenvalue weighted by Crippen LogP contribution is -2.22. The number of methoxy groups -OCH3 is 2. The van der Waals surface area contributed by atoms with Crippen molar-refractivity contribution in [1.29, 1.82) is 0 Å². The number of aromatic nitrogens is 1. The van der Waals surface area contributed by atoms with Crippen LogP contribution in [0.3, 0.4) is 0 Å². The summed E-state index contributed by atoms with van der Waals surface area (Å²) in [7, 11) is 2.82. The second-order valence-corrected chi connectivity index (χ2v) is 7.48. The van der Waals surface area contributed by atoms with Gasteiger partial charge in [0.1, 0.15) is 6.61 Å². The Morgan fingerprint density at radius 3 is 2.42 bits per heavy atom. The number of benzene rings is 2. The predicted octanol–water partition coefficient (Wildman–Crippen LogP) is 4.76. The summed E-state index contributed by atoms with van der Waals surface area (Å²) < 4.78 is 15.9. The van der Waals surface area contributed by atoms with Crippen molar-refractivity contribution < 1.29 is 23.8 Å². The first kappa shape index (κ1) is 22.3. The molecule has 0 unspecified atom stereocenters. The van der Waals surface area contributed by atoms with E-state index in [9.17, 15) is 9.59 Å². The van der Waals surface area contributed by atoms with Crippen LogP contribution in [0, 0.1) is 0 Å². The molecule has 0 fully saturated rings. The molecule has 1 amide bonds. The number of hydrogen-bond donors (Lipinski definition) is 0. The number of hydrogen-bond acceptors (Lipinski definition) is 7. The molecule has 0 atom stereocenters. The van der Waals surface area contributed by atoms with Crippen molar-refractivity contribution in [2.24, 2.45) is 0 Å². The highest BCUT2D eigenvalue weighted by Gasteiger charge is 2.18. The number of nitrogens with zero attached hydrogens (tertiary/aromatic N) is 2. The second kappa shape index (κ2) is 10.1. The zero-order valence-electron chi connectivity index (χ0n) is 17.9. The zero-order valence-corrected chi connectivity index (χ0v) is 18.7. The number of carbonyl (C=O) groups is 2. The van der Waals surface area contributed by atoms with Crippen molar-refractivity contribution in [3.8, 4) is 11.5 Å². The van der Waals surface area contributed by atoms with Gasteiger partial charge in [0.05, 0.1) is 31.2 Å². The first-order valence-corrected chi connectivity index (χ1v) is 10.6. The topological polar surface area (TPSA) is 78.0 Å². The van der Waals surface area contributed by atoms with Crippen molar-refractivity contribution in [3.05, 3.63) is 64.7 Å². The molecule has 3 rings (SSSR count). The normalized spacial score (nSPS) is 10.5. The molecule has 0 aliphatic carbocycles. The van der Waals surface area contributed by atoms with Crippen molar-refractivity contribution in [1.82, 2.24) is 4.98 Å². The SMILES string of the molecule is CCc1ccc(N(C(C)=O)c2nc(COc3ccc(C(=O)OC)cc3OC)cs2)cc1. The van der Waals surface area contributed by atoms with Crippen LogP contribution in [-0.4, -0.2) is 31.1 Å². The molecule has 162 valence electrons. The average molecular weight is 441 g/mol. The molecule has 0 spiro atoms. The number of aryl methyl sites for hydroxylation is 1. The lowest BCUT2D eigenvalue weighted by Gasteiger charge is -2.18. The van der Waals surface area contributed by atoms with Crippen molar-refractivity contribution in [3.63, 3.8) is 0 Å². The molecule has 0 aliphatic rings. The highest BCUT2D eigenvalue weighted by Crippen LogP contribution is 2.32. The zero-order chi connectivity index (χ0) is 22.4. The van der Waals surface area contributed by atoms with Crippen LogP contribution in [0.4, 0.5) is 10.8 Å². The minimum Gasteiger partial charge on any atom is -0.493 e. The van der Waals surface area contributed by atoms with E-state index in [0.29, 0.717) is 27.9 Å². The van der Waals surface area contributed by atoms with Crippen molar-refractivity contribution in [2.45, 2.75) is 26.9 Å². The molecular formula is C23H24N2O5S. The van der Waals surface area contributed by atoms with Crippen LogP contribution in [0.2, 0.25) is 0 Å². The number of ether oxygens (including phenoxy) is 3. The molecule has 0 radical (unpaired) electrons. The third kappa shape index (κ3) is 5.21. The first-order valence-electron chi connectivity index (χ1n) is 9.70. The summed E-state index contributed by atoms with van der Waals surface area (Å²) in [4.78, 5) is 30.1. The number of carbonyl (C=O) groups excluding carboxylic acids is 2. The third-order valence-electron chi connectivity index (χ3n) is 4.61. The minimum absolute atomic E-state index is 0.119. The van der Waals surface area contributed by atoms with Crippen molar-refractivity contribution in [2.75, 3.05) is 19.1 Å². The molecular weight excluding hydrogens is 416 g/mol. The molecule has 0 bridgehead atoms. The molecule has 0 N–H and O–H groups in total. The summed E-state index contributed by atoms with van der Waals surface area (Å²) in [6.07, 6.45) is 0.934. The Hall–Kier alpha value is -3.39. The van der Waals surface area contributed by atoms with E-state index >= 15 is 0 Å². The molecule has 0 saturated heterocycles. The van der Waals surface area contributed by atoms with E-state index in [2.05, 4.69) is 11.9 Å². The molecule has 1 heterocycles. The van der Waals surface area contributed by atoms with Crippen molar-refractivity contribution >= 4 is 34.0 Å². The van der Waals surface area contributed by atoms with Gasteiger partial charge in [0.15, 0.2) is 16.6 Å². The summed E-state index contributed by atoms with van der Waals surface area (Å²) in [5.74, 6) is 0.319. The van der Waals surface area contributed by atoms with Gasteiger partial charge in [-0.2, -0.15) is 0 Å². The van der Waals surface area contributed by atoms with Gasteiger partial charge in [-0.1, -0.05) is 19.1 Å². The smallest absolute Gasteiger partial charge is 0.337 e. The quantitative estimate of drug-likeness (QED) is 0.470. The fraction of sp³-hybridized carbons (Fsp3) is 0.261. The molecule has 0 aliphatic heterocycles. The standard InChI is InChI=1S/C23H24N2O5S/c1-5-16-6-9-19(10-7-16)25(15(2)26)23-24-18(14-31-23)13-30-20-11-8-17(22(27)29-4)12-21(20)28-3/h6-12,14H,5,13H2,1-4H3. The highest BCUT2D eigenvalue weighted by atomic mass is 32.1. The van der Waals surface area contributed by atoms with Gasteiger partial charge in [0.2, 0.25) is 5.91 Å². The molecule has 0 saturated carbocycles. The number of rotatable bonds is 8. The van der Waals surface area contributed by atoms with Gasteiger partial charge in [-0.25, -0.2) is 9.78 Å². The predicted molar refractivity (Wildman–Crippen MR) is 119 cm³/mol. The van der Waals surface area contributed by atoms with Crippen LogP contribution in [0.25, 0.3) is 0 Å². The Labute approximate surface area is 185 Å². The average Bonchev–Trinajstić information content (AvgIpc) is 3.25. The number of amides is 1. The second-order valence-electron chi connectivity index (χ2n) is 6.64. The van der Waals surface area contributed by atoms with E-state index in [1.54, 1.807) is 23.1 Å². The van der Waals surface area contributed by atoms with E-state index in [4.69, 9.17) is 14.2 Å². The van der Waals surface area contributed by atoms with E-state index in [1.165, 1.54) is 38.0 Å². The van der Waals surface area contributed by atoms with E-state index < -0.39 is 5.97 Å². The summed E-state index contributed by atoms with van der Waals surface area (Å²) in [6.45, 7) is 3.78.